The van der Waals surface area contributed by atoms with E-state index in [1.807, 2.05) is 61.2 Å². The number of ether oxygens (including phenoxy) is 1. The lowest BCUT2D eigenvalue weighted by Gasteiger charge is -2.37. The number of carbonyl (C=O) groups is 1. The molecule has 0 aromatic heterocycles. The van der Waals surface area contributed by atoms with E-state index in [9.17, 15) is 9.90 Å². The van der Waals surface area contributed by atoms with E-state index in [-0.39, 0.29) is 30.0 Å². The predicted molar refractivity (Wildman–Crippen MR) is 101 cm³/mol. The molecule has 2 N–H and O–H groups in total. The molecule has 1 aliphatic rings. The van der Waals surface area contributed by atoms with E-state index < -0.39 is 0 Å². The molecule has 2 aromatic carbocycles. The first-order valence-corrected chi connectivity index (χ1v) is 9.05. The van der Waals surface area contributed by atoms with E-state index in [1.54, 1.807) is 12.1 Å². The Morgan fingerprint density at radius 3 is 2.58 bits per heavy atom. The van der Waals surface area contributed by atoms with Crippen LogP contribution < -0.4 is 5.32 Å². The largest absolute Gasteiger partial charge is 0.508 e. The van der Waals surface area contributed by atoms with Gasteiger partial charge in [0, 0.05) is 12.6 Å². The zero-order valence-corrected chi connectivity index (χ0v) is 15.3. The lowest BCUT2D eigenvalue weighted by Crippen LogP contribution is -2.51. The van der Waals surface area contributed by atoms with Crippen molar-refractivity contribution in [3.8, 4) is 5.75 Å². The Kier molecular flexibility index (Phi) is 5.78. The predicted octanol–water partition coefficient (Wildman–Crippen LogP) is 3.49. The molecule has 0 aliphatic carbocycles. The molecule has 0 saturated carbocycles. The van der Waals surface area contributed by atoms with E-state index in [2.05, 4.69) is 5.32 Å². The van der Waals surface area contributed by atoms with Gasteiger partial charge < -0.3 is 20.1 Å². The monoisotopic (exact) mass is 354 g/mol. The standard InChI is InChI=1S/C21H26N2O3/c1-15(12-17-8-10-19(24)11-9-17)22-21(25)23-13-16(2)26-20(14-23)18-6-4-3-5-7-18/h3-11,15-16,20,24H,12-14H2,1-2H3,(H,22,25)/t15-,16-,20-/m1/s1. The van der Waals surface area contributed by atoms with Crippen molar-refractivity contribution in [1.29, 1.82) is 0 Å². The van der Waals surface area contributed by atoms with E-state index in [1.165, 1.54) is 0 Å². The smallest absolute Gasteiger partial charge is 0.317 e. The number of rotatable bonds is 4. The minimum Gasteiger partial charge on any atom is -0.508 e. The summed E-state index contributed by atoms with van der Waals surface area (Å²) in [7, 11) is 0. The first-order valence-electron chi connectivity index (χ1n) is 9.05. The number of amides is 2. The number of hydrogen-bond donors (Lipinski definition) is 2. The number of nitrogens with one attached hydrogen (secondary N) is 1. The second kappa shape index (κ2) is 8.23. The molecule has 2 amide bonds. The molecule has 1 saturated heterocycles. The first-order chi connectivity index (χ1) is 12.5. The lowest BCUT2D eigenvalue weighted by molar-refractivity contribution is -0.0658. The number of hydrogen-bond acceptors (Lipinski definition) is 3. The maximum atomic E-state index is 12.7. The summed E-state index contributed by atoms with van der Waals surface area (Å²) in [5.74, 6) is 0.250. The molecule has 0 radical (unpaired) electrons. The van der Waals surface area contributed by atoms with Gasteiger partial charge in [-0.05, 0) is 43.5 Å². The van der Waals surface area contributed by atoms with Crippen LogP contribution in [0.5, 0.6) is 5.75 Å². The summed E-state index contributed by atoms with van der Waals surface area (Å²) in [6, 6.07) is 17.0. The second-order valence-electron chi connectivity index (χ2n) is 6.97. The highest BCUT2D eigenvalue weighted by Gasteiger charge is 2.29. The zero-order chi connectivity index (χ0) is 18.5. The Hall–Kier alpha value is -2.53. The molecule has 138 valence electrons. The highest BCUT2D eigenvalue weighted by molar-refractivity contribution is 5.74. The van der Waals surface area contributed by atoms with Gasteiger partial charge in [0.2, 0.25) is 0 Å². The van der Waals surface area contributed by atoms with Crippen LogP contribution >= 0.6 is 0 Å². The van der Waals surface area contributed by atoms with Crippen LogP contribution in [0.4, 0.5) is 4.79 Å². The molecule has 2 aromatic rings. The third kappa shape index (κ3) is 4.76. The fourth-order valence-corrected chi connectivity index (χ4v) is 3.31. The molecule has 0 unspecified atom stereocenters. The van der Waals surface area contributed by atoms with Gasteiger partial charge in [0.15, 0.2) is 0 Å². The molecule has 0 spiro atoms. The van der Waals surface area contributed by atoms with Crippen molar-refractivity contribution in [2.75, 3.05) is 13.1 Å². The molecule has 5 heteroatoms. The number of carbonyl (C=O) groups excluding carboxylic acids is 1. The van der Waals surface area contributed by atoms with E-state index in [0.717, 1.165) is 11.1 Å². The summed E-state index contributed by atoms with van der Waals surface area (Å²) in [5.41, 5.74) is 2.17. The van der Waals surface area contributed by atoms with Gasteiger partial charge in [-0.15, -0.1) is 0 Å². The molecule has 3 atom stereocenters. The third-order valence-corrected chi connectivity index (χ3v) is 4.57. The fourth-order valence-electron chi connectivity index (χ4n) is 3.31. The van der Waals surface area contributed by atoms with Gasteiger partial charge in [-0.25, -0.2) is 4.79 Å². The summed E-state index contributed by atoms with van der Waals surface area (Å²) in [5, 5.41) is 12.4. The normalized spacial score (nSPS) is 21.2. The summed E-state index contributed by atoms with van der Waals surface area (Å²) in [4.78, 5) is 14.5. The molecular formula is C21H26N2O3. The summed E-state index contributed by atoms with van der Waals surface area (Å²) in [6.07, 6.45) is 0.610. The van der Waals surface area contributed by atoms with Crippen molar-refractivity contribution in [3.05, 3.63) is 65.7 Å². The Morgan fingerprint density at radius 2 is 1.88 bits per heavy atom. The number of urea groups is 1. The van der Waals surface area contributed by atoms with Crippen LogP contribution in [0.2, 0.25) is 0 Å². The topological polar surface area (TPSA) is 61.8 Å². The van der Waals surface area contributed by atoms with E-state index in [0.29, 0.717) is 19.5 Å². The highest BCUT2D eigenvalue weighted by Crippen LogP contribution is 2.25. The van der Waals surface area contributed by atoms with Crippen molar-refractivity contribution in [1.82, 2.24) is 10.2 Å². The Morgan fingerprint density at radius 1 is 1.19 bits per heavy atom. The van der Waals surface area contributed by atoms with Gasteiger partial charge in [0.05, 0.1) is 12.6 Å². The van der Waals surface area contributed by atoms with Gasteiger partial charge in [-0.1, -0.05) is 42.5 Å². The number of nitrogens with zero attached hydrogens (tertiary/aromatic N) is 1. The van der Waals surface area contributed by atoms with Crippen molar-refractivity contribution >= 4 is 6.03 Å². The SMILES string of the molecule is C[C@H](Cc1ccc(O)cc1)NC(=O)N1C[C@@H](C)O[C@@H](c2ccccc2)C1. The van der Waals surface area contributed by atoms with Crippen LogP contribution in [0.1, 0.15) is 31.1 Å². The minimum atomic E-state index is -0.0990. The van der Waals surface area contributed by atoms with Crippen LogP contribution in [-0.4, -0.2) is 41.3 Å². The van der Waals surface area contributed by atoms with Crippen LogP contribution in [-0.2, 0) is 11.2 Å². The summed E-state index contributed by atoms with van der Waals surface area (Å²) in [6.45, 7) is 5.12. The average Bonchev–Trinajstić information content (AvgIpc) is 2.64. The van der Waals surface area contributed by atoms with Gasteiger partial charge in [-0.3, -0.25) is 0 Å². The zero-order valence-electron chi connectivity index (χ0n) is 15.3. The maximum absolute atomic E-state index is 12.7. The lowest BCUT2D eigenvalue weighted by atomic mass is 10.1. The van der Waals surface area contributed by atoms with Gasteiger partial charge in [0.1, 0.15) is 11.9 Å². The van der Waals surface area contributed by atoms with Crippen molar-refractivity contribution in [3.63, 3.8) is 0 Å². The highest BCUT2D eigenvalue weighted by atomic mass is 16.5. The van der Waals surface area contributed by atoms with Crippen molar-refractivity contribution in [2.24, 2.45) is 0 Å². The summed E-state index contributed by atoms with van der Waals surface area (Å²) >= 11 is 0. The third-order valence-electron chi connectivity index (χ3n) is 4.57. The molecular weight excluding hydrogens is 328 g/mol. The molecule has 3 rings (SSSR count). The maximum Gasteiger partial charge on any atom is 0.317 e. The number of aromatic hydroxyl groups is 1. The van der Waals surface area contributed by atoms with E-state index >= 15 is 0 Å². The number of morpholine rings is 1. The number of phenolic OH excluding ortho intramolecular Hbond substituents is 1. The molecule has 5 nitrogen and oxygen atoms in total. The van der Waals surface area contributed by atoms with Crippen LogP contribution in [0.15, 0.2) is 54.6 Å². The van der Waals surface area contributed by atoms with Gasteiger partial charge >= 0.3 is 6.03 Å². The molecule has 1 aliphatic heterocycles. The van der Waals surface area contributed by atoms with E-state index in [4.69, 9.17) is 4.74 Å². The molecule has 1 fully saturated rings. The molecule has 0 bridgehead atoms. The Balaban J connectivity index is 1.58. The number of benzene rings is 2. The van der Waals surface area contributed by atoms with Crippen LogP contribution in [0, 0.1) is 0 Å². The molecule has 26 heavy (non-hydrogen) atoms. The van der Waals surface area contributed by atoms with Gasteiger partial charge in [0.25, 0.3) is 0 Å². The quantitative estimate of drug-likeness (QED) is 0.883. The minimum absolute atomic E-state index is 0.000342. The van der Waals surface area contributed by atoms with Crippen LogP contribution in [0.25, 0.3) is 0 Å². The number of phenols is 1. The summed E-state index contributed by atoms with van der Waals surface area (Å²) < 4.78 is 6.02. The first kappa shape index (κ1) is 18.3. The van der Waals surface area contributed by atoms with Gasteiger partial charge in [-0.2, -0.15) is 0 Å². The average molecular weight is 354 g/mol. The van der Waals surface area contributed by atoms with Crippen molar-refractivity contribution < 1.29 is 14.6 Å². The Bertz CT molecular complexity index is 718. The van der Waals surface area contributed by atoms with Crippen molar-refractivity contribution in [2.45, 2.75) is 38.5 Å². The fraction of sp³-hybridized carbons (Fsp3) is 0.381. The Labute approximate surface area is 154 Å². The second-order valence-corrected chi connectivity index (χ2v) is 6.97. The molecule has 1 heterocycles. The van der Waals surface area contributed by atoms with Crippen LogP contribution in [0.3, 0.4) is 0 Å².